The second-order valence-electron chi connectivity index (χ2n) is 3.50. The largest absolute Gasteiger partial charge is 0.316 e. The fraction of sp³-hybridized carbons (Fsp3) is 0.800. The van der Waals surface area contributed by atoms with Gasteiger partial charge in [0.05, 0.1) is 0 Å². The Balaban J connectivity index is 2.01. The first-order chi connectivity index (χ1) is 6.36. The van der Waals surface area contributed by atoms with Gasteiger partial charge in [-0.25, -0.2) is 5.43 Å². The molecular formula is C10H21N3. The van der Waals surface area contributed by atoms with E-state index in [2.05, 4.69) is 16.9 Å². The Hall–Kier alpha value is -0.540. The lowest BCUT2D eigenvalue weighted by Crippen LogP contribution is -2.32. The van der Waals surface area contributed by atoms with Crippen molar-refractivity contribution < 1.29 is 0 Å². The molecular weight excluding hydrogens is 162 g/mol. The minimum atomic E-state index is 1.05. The Kier molecular flexibility index (Phi) is 4.86. The molecule has 0 spiro atoms. The molecule has 0 amide bonds. The molecule has 76 valence electrons. The summed E-state index contributed by atoms with van der Waals surface area (Å²) in [5, 5.41) is 2.02. The monoisotopic (exact) mass is 183 g/mol. The summed E-state index contributed by atoms with van der Waals surface area (Å²) in [6.07, 6.45) is 5.82. The Labute approximate surface area is 81.4 Å². The molecule has 0 bridgehead atoms. The van der Waals surface area contributed by atoms with Crippen molar-refractivity contribution in [2.75, 3.05) is 33.2 Å². The molecule has 1 saturated heterocycles. The highest BCUT2D eigenvalue weighted by atomic mass is 15.5. The van der Waals surface area contributed by atoms with Gasteiger partial charge in [0.25, 0.3) is 0 Å². The Morgan fingerprint density at radius 2 is 2.15 bits per heavy atom. The van der Waals surface area contributed by atoms with Crippen LogP contribution in [0.2, 0.25) is 0 Å². The van der Waals surface area contributed by atoms with E-state index in [-0.39, 0.29) is 0 Å². The van der Waals surface area contributed by atoms with Gasteiger partial charge in [0.2, 0.25) is 0 Å². The lowest BCUT2D eigenvalue weighted by Gasteiger charge is -2.20. The van der Waals surface area contributed by atoms with Gasteiger partial charge in [0, 0.05) is 19.8 Å². The van der Waals surface area contributed by atoms with Crippen molar-refractivity contribution in [3.05, 3.63) is 12.8 Å². The van der Waals surface area contributed by atoms with E-state index in [0.717, 1.165) is 6.54 Å². The van der Waals surface area contributed by atoms with E-state index >= 15 is 0 Å². The molecule has 0 unspecified atom stereocenters. The van der Waals surface area contributed by atoms with Crippen LogP contribution in [-0.4, -0.2) is 43.1 Å². The van der Waals surface area contributed by atoms with Gasteiger partial charge in [-0.05, 0) is 38.9 Å². The third kappa shape index (κ3) is 3.79. The van der Waals surface area contributed by atoms with Gasteiger partial charge in [-0.15, -0.1) is 0 Å². The first kappa shape index (κ1) is 10.5. The van der Waals surface area contributed by atoms with Crippen LogP contribution in [0.5, 0.6) is 0 Å². The minimum Gasteiger partial charge on any atom is -0.316 e. The van der Waals surface area contributed by atoms with Crippen LogP contribution < -0.4 is 5.43 Å². The molecule has 0 atom stereocenters. The maximum absolute atomic E-state index is 3.73. The fourth-order valence-corrected chi connectivity index (χ4v) is 1.77. The molecule has 1 fully saturated rings. The number of rotatable bonds is 6. The molecule has 1 rings (SSSR count). The van der Waals surface area contributed by atoms with E-state index in [1.807, 2.05) is 18.3 Å². The van der Waals surface area contributed by atoms with E-state index in [1.165, 1.54) is 38.9 Å². The van der Waals surface area contributed by atoms with E-state index in [9.17, 15) is 0 Å². The first-order valence-corrected chi connectivity index (χ1v) is 5.15. The Bertz CT molecular complexity index is 141. The van der Waals surface area contributed by atoms with Crippen LogP contribution in [0.3, 0.4) is 0 Å². The van der Waals surface area contributed by atoms with Crippen molar-refractivity contribution in [1.82, 2.24) is 15.3 Å². The highest BCUT2D eigenvalue weighted by Gasteiger charge is 2.10. The molecule has 0 aliphatic carbocycles. The zero-order chi connectivity index (χ0) is 9.52. The van der Waals surface area contributed by atoms with Crippen molar-refractivity contribution in [3.63, 3.8) is 0 Å². The van der Waals surface area contributed by atoms with Crippen LogP contribution in [0.15, 0.2) is 12.8 Å². The van der Waals surface area contributed by atoms with Gasteiger partial charge in [-0.1, -0.05) is 6.58 Å². The smallest absolute Gasteiger partial charge is 0.0349 e. The van der Waals surface area contributed by atoms with Gasteiger partial charge in [-0.2, -0.15) is 0 Å². The molecule has 1 N–H and O–H groups in total. The molecule has 1 heterocycles. The maximum Gasteiger partial charge on any atom is 0.0349 e. The van der Waals surface area contributed by atoms with E-state index < -0.39 is 0 Å². The first-order valence-electron chi connectivity index (χ1n) is 5.15. The molecule has 0 saturated carbocycles. The standard InChI is InChI=1S/C10H21N3/c1-3-13(11-2)10-6-9-12-7-4-5-8-12/h3,11H,1,4-10H2,2H3. The predicted molar refractivity (Wildman–Crippen MR) is 56.3 cm³/mol. The lowest BCUT2D eigenvalue weighted by atomic mass is 10.4. The maximum atomic E-state index is 3.73. The second-order valence-corrected chi connectivity index (χ2v) is 3.50. The number of hydrogen-bond donors (Lipinski definition) is 1. The third-order valence-corrected chi connectivity index (χ3v) is 2.58. The lowest BCUT2D eigenvalue weighted by molar-refractivity contribution is 0.261. The van der Waals surface area contributed by atoms with Crippen molar-refractivity contribution in [2.24, 2.45) is 0 Å². The molecule has 3 heteroatoms. The van der Waals surface area contributed by atoms with Crippen molar-refractivity contribution in [1.29, 1.82) is 0 Å². The zero-order valence-electron chi connectivity index (χ0n) is 8.63. The van der Waals surface area contributed by atoms with Gasteiger partial charge in [0.1, 0.15) is 0 Å². The number of nitrogens with zero attached hydrogens (tertiary/aromatic N) is 2. The van der Waals surface area contributed by atoms with Gasteiger partial charge in [0.15, 0.2) is 0 Å². The molecule has 0 radical (unpaired) electrons. The normalized spacial score (nSPS) is 17.6. The summed E-state index contributed by atoms with van der Waals surface area (Å²) >= 11 is 0. The van der Waals surface area contributed by atoms with Crippen molar-refractivity contribution in [2.45, 2.75) is 19.3 Å². The molecule has 13 heavy (non-hydrogen) atoms. The summed E-state index contributed by atoms with van der Waals surface area (Å²) in [5.41, 5.74) is 3.07. The van der Waals surface area contributed by atoms with Gasteiger partial charge < -0.3 is 9.91 Å². The summed E-state index contributed by atoms with van der Waals surface area (Å²) < 4.78 is 0. The van der Waals surface area contributed by atoms with Gasteiger partial charge >= 0.3 is 0 Å². The Morgan fingerprint density at radius 3 is 2.69 bits per heavy atom. The van der Waals surface area contributed by atoms with E-state index in [0.29, 0.717) is 0 Å². The summed E-state index contributed by atoms with van der Waals surface area (Å²) in [6.45, 7) is 8.61. The topological polar surface area (TPSA) is 18.5 Å². The van der Waals surface area contributed by atoms with Gasteiger partial charge in [-0.3, -0.25) is 0 Å². The third-order valence-electron chi connectivity index (χ3n) is 2.58. The highest BCUT2D eigenvalue weighted by molar-refractivity contribution is 4.69. The molecule has 0 aromatic heterocycles. The highest BCUT2D eigenvalue weighted by Crippen LogP contribution is 2.07. The summed E-state index contributed by atoms with van der Waals surface area (Å²) in [4.78, 5) is 2.54. The molecule has 1 aliphatic heterocycles. The predicted octanol–water partition coefficient (Wildman–Crippen LogP) is 1.05. The molecule has 1 aliphatic rings. The fourth-order valence-electron chi connectivity index (χ4n) is 1.77. The average molecular weight is 183 g/mol. The minimum absolute atomic E-state index is 1.05. The molecule has 0 aromatic carbocycles. The molecule has 0 aromatic rings. The number of hydrazine groups is 1. The SMILES string of the molecule is C=CN(CCCN1CCCC1)NC. The van der Waals surface area contributed by atoms with Crippen LogP contribution in [0.4, 0.5) is 0 Å². The summed E-state index contributed by atoms with van der Waals surface area (Å²) in [7, 11) is 1.93. The summed E-state index contributed by atoms with van der Waals surface area (Å²) in [5.74, 6) is 0. The quantitative estimate of drug-likeness (QED) is 0.621. The number of hydrogen-bond acceptors (Lipinski definition) is 3. The Morgan fingerprint density at radius 1 is 1.46 bits per heavy atom. The van der Waals surface area contributed by atoms with Crippen LogP contribution >= 0.6 is 0 Å². The molecule has 3 nitrogen and oxygen atoms in total. The average Bonchev–Trinajstić information content (AvgIpc) is 2.65. The van der Waals surface area contributed by atoms with Crippen LogP contribution in [-0.2, 0) is 0 Å². The van der Waals surface area contributed by atoms with Crippen LogP contribution in [0.25, 0.3) is 0 Å². The number of nitrogens with one attached hydrogen (secondary N) is 1. The van der Waals surface area contributed by atoms with E-state index in [4.69, 9.17) is 0 Å². The van der Waals surface area contributed by atoms with Crippen LogP contribution in [0.1, 0.15) is 19.3 Å². The summed E-state index contributed by atoms with van der Waals surface area (Å²) in [6, 6.07) is 0. The zero-order valence-corrected chi connectivity index (χ0v) is 8.63. The van der Waals surface area contributed by atoms with Crippen molar-refractivity contribution in [3.8, 4) is 0 Å². The van der Waals surface area contributed by atoms with E-state index in [1.54, 1.807) is 0 Å². The second kappa shape index (κ2) is 6.00. The number of likely N-dealkylation sites (tertiary alicyclic amines) is 1. The van der Waals surface area contributed by atoms with Crippen LogP contribution in [0, 0.1) is 0 Å². The van der Waals surface area contributed by atoms with Crippen molar-refractivity contribution >= 4 is 0 Å².